The second-order valence-electron chi connectivity index (χ2n) is 4.40. The van der Waals surface area contributed by atoms with Gasteiger partial charge in [-0.25, -0.2) is 13.8 Å². The van der Waals surface area contributed by atoms with Crippen molar-refractivity contribution >= 4 is 11.1 Å². The van der Waals surface area contributed by atoms with E-state index in [1.807, 2.05) is 0 Å². The number of hydrogen-bond donors (Lipinski definition) is 0. The predicted octanol–water partition coefficient (Wildman–Crippen LogP) is 4.09. The van der Waals surface area contributed by atoms with E-state index in [1.54, 1.807) is 0 Å². The molecule has 108 valence electrons. The van der Waals surface area contributed by atoms with Crippen LogP contribution in [0.15, 0.2) is 41.1 Å². The van der Waals surface area contributed by atoms with Gasteiger partial charge in [0, 0.05) is 11.8 Å². The number of pyridine rings is 1. The molecule has 2 aromatic heterocycles. The van der Waals surface area contributed by atoms with Gasteiger partial charge in [-0.2, -0.15) is 8.78 Å². The van der Waals surface area contributed by atoms with Crippen LogP contribution in [0.3, 0.4) is 0 Å². The number of benzene rings is 1. The first-order valence-electron chi connectivity index (χ1n) is 5.96. The Morgan fingerprint density at radius 2 is 2.00 bits per heavy atom. The summed E-state index contributed by atoms with van der Waals surface area (Å²) in [5.74, 6) is -4.28. The molecule has 0 fully saturated rings. The topological polar surface area (TPSA) is 38.9 Å². The maximum atomic E-state index is 13.6. The highest BCUT2D eigenvalue weighted by atomic mass is 19.3. The third-order valence-corrected chi connectivity index (χ3v) is 2.98. The Morgan fingerprint density at radius 1 is 1.19 bits per heavy atom. The van der Waals surface area contributed by atoms with E-state index in [0.29, 0.717) is 0 Å². The van der Waals surface area contributed by atoms with Crippen molar-refractivity contribution in [1.82, 2.24) is 9.97 Å². The van der Waals surface area contributed by atoms with Crippen molar-refractivity contribution in [2.24, 2.45) is 0 Å². The fourth-order valence-electron chi connectivity index (χ4n) is 1.90. The predicted molar refractivity (Wildman–Crippen MR) is 67.1 cm³/mol. The Morgan fingerprint density at radius 3 is 2.71 bits per heavy atom. The highest BCUT2D eigenvalue weighted by Crippen LogP contribution is 2.32. The zero-order chi connectivity index (χ0) is 15.0. The first-order valence-corrected chi connectivity index (χ1v) is 5.96. The smallest absolute Gasteiger partial charge is 0.301 e. The summed E-state index contributed by atoms with van der Waals surface area (Å²) < 4.78 is 57.9. The average Bonchev–Trinajstić information content (AvgIpc) is 2.90. The molecule has 0 aliphatic rings. The SMILES string of the molecule is FCC(F)(F)c1ccc2oc(-c3ccncc3F)nc2c1. The van der Waals surface area contributed by atoms with Crippen LogP contribution in [-0.4, -0.2) is 16.6 Å². The summed E-state index contributed by atoms with van der Waals surface area (Å²) in [7, 11) is 0. The molecule has 0 unspecified atom stereocenters. The molecular weight excluding hydrogens is 288 g/mol. The Bertz CT molecular complexity index is 801. The largest absolute Gasteiger partial charge is 0.436 e. The zero-order valence-corrected chi connectivity index (χ0v) is 10.5. The Balaban J connectivity index is 2.11. The first-order chi connectivity index (χ1) is 10.0. The molecule has 1 aromatic carbocycles. The fourth-order valence-corrected chi connectivity index (χ4v) is 1.90. The van der Waals surface area contributed by atoms with Crippen molar-refractivity contribution < 1.29 is 22.0 Å². The summed E-state index contributed by atoms with van der Waals surface area (Å²) in [4.78, 5) is 7.56. The maximum Gasteiger partial charge on any atom is 0.301 e. The van der Waals surface area contributed by atoms with E-state index >= 15 is 0 Å². The third-order valence-electron chi connectivity index (χ3n) is 2.98. The molecule has 0 bridgehead atoms. The van der Waals surface area contributed by atoms with E-state index in [-0.39, 0.29) is 22.6 Å². The van der Waals surface area contributed by atoms with Gasteiger partial charge in [0.25, 0.3) is 0 Å². The molecule has 7 heteroatoms. The van der Waals surface area contributed by atoms with Crippen molar-refractivity contribution in [1.29, 1.82) is 0 Å². The van der Waals surface area contributed by atoms with Crippen LogP contribution in [0.1, 0.15) is 5.56 Å². The van der Waals surface area contributed by atoms with Gasteiger partial charge in [-0.1, -0.05) is 0 Å². The van der Waals surface area contributed by atoms with Crippen molar-refractivity contribution in [2.75, 3.05) is 6.67 Å². The van der Waals surface area contributed by atoms with E-state index in [1.165, 1.54) is 18.3 Å². The molecule has 0 aliphatic heterocycles. The van der Waals surface area contributed by atoms with Gasteiger partial charge >= 0.3 is 5.92 Å². The summed E-state index contributed by atoms with van der Waals surface area (Å²) in [6.45, 7) is -1.80. The normalized spacial score (nSPS) is 12.0. The third kappa shape index (κ3) is 2.35. The minimum atomic E-state index is -3.59. The second-order valence-corrected chi connectivity index (χ2v) is 4.40. The number of alkyl halides is 3. The van der Waals surface area contributed by atoms with Crippen LogP contribution in [0.2, 0.25) is 0 Å². The zero-order valence-electron chi connectivity index (χ0n) is 10.5. The number of hydrogen-bond acceptors (Lipinski definition) is 3. The van der Waals surface area contributed by atoms with Gasteiger partial charge in [-0.3, -0.25) is 4.98 Å². The lowest BCUT2D eigenvalue weighted by atomic mass is 10.1. The average molecular weight is 296 g/mol. The number of nitrogens with zero attached hydrogens (tertiary/aromatic N) is 2. The lowest BCUT2D eigenvalue weighted by Gasteiger charge is -2.11. The van der Waals surface area contributed by atoms with Crippen molar-refractivity contribution in [3.8, 4) is 11.5 Å². The second kappa shape index (κ2) is 4.83. The molecule has 0 spiro atoms. The van der Waals surface area contributed by atoms with Gasteiger partial charge in [0.15, 0.2) is 18.1 Å². The van der Waals surface area contributed by atoms with Crippen molar-refractivity contribution in [2.45, 2.75) is 5.92 Å². The lowest BCUT2D eigenvalue weighted by molar-refractivity contribution is -0.0279. The van der Waals surface area contributed by atoms with Crippen LogP contribution in [0.4, 0.5) is 17.6 Å². The number of halogens is 4. The molecule has 0 radical (unpaired) electrons. The molecule has 2 heterocycles. The summed E-state index contributed by atoms with van der Waals surface area (Å²) >= 11 is 0. The van der Waals surface area contributed by atoms with Crippen LogP contribution in [-0.2, 0) is 5.92 Å². The first kappa shape index (κ1) is 13.5. The van der Waals surface area contributed by atoms with Crippen LogP contribution in [0.5, 0.6) is 0 Å². The van der Waals surface area contributed by atoms with Crippen molar-refractivity contribution in [3.05, 3.63) is 48.0 Å². The summed E-state index contributed by atoms with van der Waals surface area (Å²) in [6, 6.07) is 4.70. The van der Waals surface area contributed by atoms with Crippen LogP contribution >= 0.6 is 0 Å². The Kier molecular flexibility index (Phi) is 3.12. The van der Waals surface area contributed by atoms with Crippen LogP contribution in [0, 0.1) is 5.82 Å². The van der Waals surface area contributed by atoms with E-state index < -0.39 is 24.0 Å². The molecule has 0 saturated carbocycles. The highest BCUT2D eigenvalue weighted by molar-refractivity contribution is 5.77. The van der Waals surface area contributed by atoms with Gasteiger partial charge in [0.2, 0.25) is 5.89 Å². The lowest BCUT2D eigenvalue weighted by Crippen LogP contribution is -2.15. The maximum absolute atomic E-state index is 13.6. The molecule has 0 aliphatic carbocycles. The molecular formula is C14H8F4N2O. The number of rotatable bonds is 3. The van der Waals surface area contributed by atoms with Gasteiger partial charge in [0.1, 0.15) is 5.52 Å². The Hall–Kier alpha value is -2.44. The fraction of sp³-hybridized carbons (Fsp3) is 0.143. The Labute approximate surface area is 116 Å². The molecule has 3 aromatic rings. The van der Waals surface area contributed by atoms with E-state index in [9.17, 15) is 17.6 Å². The molecule has 0 atom stereocenters. The van der Waals surface area contributed by atoms with Gasteiger partial charge in [0.05, 0.1) is 11.8 Å². The van der Waals surface area contributed by atoms with Gasteiger partial charge in [-0.05, 0) is 24.3 Å². The molecule has 0 saturated heterocycles. The van der Waals surface area contributed by atoms with Crippen molar-refractivity contribution in [3.63, 3.8) is 0 Å². The van der Waals surface area contributed by atoms with Crippen LogP contribution in [0.25, 0.3) is 22.6 Å². The summed E-state index contributed by atoms with van der Waals surface area (Å²) in [5, 5.41) is 0. The number of oxazole rings is 1. The molecule has 3 rings (SSSR count). The minimum absolute atomic E-state index is 0.0504. The quantitative estimate of drug-likeness (QED) is 0.683. The number of fused-ring (bicyclic) bond motifs is 1. The van der Waals surface area contributed by atoms with Gasteiger partial charge in [-0.15, -0.1) is 0 Å². The van der Waals surface area contributed by atoms with Crippen LogP contribution < -0.4 is 0 Å². The number of aromatic nitrogens is 2. The highest BCUT2D eigenvalue weighted by Gasteiger charge is 2.32. The standard InChI is InChI=1S/C14H8F4N2O/c15-7-14(17,18)8-1-2-12-11(5-8)20-13(21-12)9-3-4-19-6-10(9)16/h1-6H,7H2. The van der Waals surface area contributed by atoms with E-state index in [4.69, 9.17) is 4.42 Å². The van der Waals surface area contributed by atoms with E-state index in [2.05, 4.69) is 9.97 Å². The minimum Gasteiger partial charge on any atom is -0.436 e. The van der Waals surface area contributed by atoms with Gasteiger partial charge < -0.3 is 4.42 Å². The van der Waals surface area contributed by atoms with E-state index in [0.717, 1.165) is 18.3 Å². The monoisotopic (exact) mass is 296 g/mol. The molecule has 0 amide bonds. The molecule has 0 N–H and O–H groups in total. The summed E-state index contributed by atoms with van der Waals surface area (Å²) in [6.07, 6.45) is 2.35. The summed E-state index contributed by atoms with van der Waals surface area (Å²) in [5.41, 5.74) is -0.126. The molecule has 3 nitrogen and oxygen atoms in total. The molecule has 21 heavy (non-hydrogen) atoms.